The highest BCUT2D eigenvalue weighted by molar-refractivity contribution is 6.00. The van der Waals surface area contributed by atoms with Gasteiger partial charge in [-0.3, -0.25) is 33.7 Å². The van der Waals surface area contributed by atoms with E-state index in [0.717, 1.165) is 18.0 Å². The molecule has 2 fully saturated rings. The van der Waals surface area contributed by atoms with Gasteiger partial charge in [0.1, 0.15) is 24.7 Å². The standard InChI is InChI=1S/C33H57N9O8.ClH/c1-7-39(8-2)18-19-50-32(49)24(12-9-15-40(23(6)44)33(35)37-22(5)43)38-30(47)26-14-10-16-41(26)27(45)20-36-29(46)25-13-11-17-42(25)31(48)28(34)21(3)4;/h21,24-26,28H,7-20,34H2,1-6H3,(H,36,46)(H,38,47)(H2,35,37,43);1H/t24-,25-,26-,28-;/m0./s1. The van der Waals surface area contributed by atoms with Crippen LogP contribution in [-0.2, 0) is 38.3 Å². The summed E-state index contributed by atoms with van der Waals surface area (Å²) < 4.78 is 5.52. The fraction of sp³-hybridized carbons (Fsp3) is 0.758. The van der Waals surface area contributed by atoms with E-state index in [4.69, 9.17) is 16.2 Å². The lowest BCUT2D eigenvalue weighted by Crippen LogP contribution is -2.55. The fourth-order valence-electron chi connectivity index (χ4n) is 6.04. The van der Waals surface area contributed by atoms with Crippen molar-refractivity contribution < 1.29 is 38.3 Å². The second kappa shape index (κ2) is 22.2. The third kappa shape index (κ3) is 13.7. The summed E-state index contributed by atoms with van der Waals surface area (Å²) in [6, 6.07) is -3.44. The first kappa shape index (κ1) is 45.2. The minimum atomic E-state index is -1.10. The van der Waals surface area contributed by atoms with Gasteiger partial charge in [-0.25, -0.2) is 4.79 Å². The van der Waals surface area contributed by atoms with E-state index in [1.54, 1.807) is 0 Å². The number of likely N-dealkylation sites (N-methyl/N-ethyl adjacent to an activating group) is 1. The summed E-state index contributed by atoms with van der Waals surface area (Å²) in [5, 5.41) is 5.37. The Morgan fingerprint density at radius 1 is 0.922 bits per heavy atom. The minimum Gasteiger partial charge on any atom is -0.463 e. The number of carbonyl (C=O) groups is 7. The van der Waals surface area contributed by atoms with Crippen molar-refractivity contribution in [3.63, 3.8) is 0 Å². The number of ether oxygens (including phenoxy) is 1. The second-order valence-electron chi connectivity index (χ2n) is 13.0. The molecule has 0 saturated carbocycles. The molecule has 2 rings (SSSR count). The number of amides is 6. The lowest BCUT2D eigenvalue weighted by atomic mass is 10.0. The van der Waals surface area contributed by atoms with E-state index in [1.807, 2.05) is 27.7 Å². The topological polar surface area (TPSA) is 230 Å². The monoisotopic (exact) mass is 743 g/mol. The van der Waals surface area contributed by atoms with Gasteiger partial charge in [-0.1, -0.05) is 27.7 Å². The number of hydrogen-bond donors (Lipinski definition) is 4. The molecule has 2 aliphatic heterocycles. The predicted octanol–water partition coefficient (Wildman–Crippen LogP) is -0.651. The lowest BCUT2D eigenvalue weighted by Gasteiger charge is -2.29. The summed E-state index contributed by atoms with van der Waals surface area (Å²) >= 11 is 0. The average Bonchev–Trinajstić information content (AvgIpc) is 3.76. The number of nitrogens with two attached hydrogens (primary N) is 2. The van der Waals surface area contributed by atoms with Crippen LogP contribution in [0.3, 0.4) is 0 Å². The molecule has 2 aliphatic rings. The van der Waals surface area contributed by atoms with Crippen molar-refractivity contribution in [3.8, 4) is 0 Å². The smallest absolute Gasteiger partial charge is 0.328 e. The number of carbonyl (C=O) groups excluding carboxylic acids is 7. The van der Waals surface area contributed by atoms with Crippen molar-refractivity contribution in [2.45, 2.75) is 104 Å². The maximum Gasteiger partial charge on any atom is 0.328 e. The Morgan fingerprint density at radius 3 is 2.06 bits per heavy atom. The Balaban J connectivity index is 0.0000130. The van der Waals surface area contributed by atoms with Crippen molar-refractivity contribution in [1.29, 1.82) is 0 Å². The minimum absolute atomic E-state index is 0. The van der Waals surface area contributed by atoms with Gasteiger partial charge >= 0.3 is 5.97 Å². The number of aliphatic imine (C=N–C) groups is 1. The molecule has 0 spiro atoms. The first-order valence-corrected chi connectivity index (χ1v) is 17.6. The number of nitrogens with one attached hydrogen (secondary N) is 2. The highest BCUT2D eigenvalue weighted by Crippen LogP contribution is 2.21. The summed E-state index contributed by atoms with van der Waals surface area (Å²) in [4.78, 5) is 99.1. The Labute approximate surface area is 307 Å². The largest absolute Gasteiger partial charge is 0.463 e. The number of rotatable bonds is 17. The number of guanidine groups is 1. The van der Waals surface area contributed by atoms with Crippen LogP contribution in [0.15, 0.2) is 4.99 Å². The maximum absolute atomic E-state index is 13.6. The molecule has 51 heavy (non-hydrogen) atoms. The molecule has 0 aromatic rings. The Bertz CT molecular complexity index is 1260. The number of esters is 1. The van der Waals surface area contributed by atoms with Gasteiger partial charge in [0.15, 0.2) is 0 Å². The van der Waals surface area contributed by atoms with Crippen LogP contribution in [-0.4, -0.2) is 144 Å². The Hall–Kier alpha value is -3.83. The molecule has 0 aliphatic carbocycles. The highest BCUT2D eigenvalue weighted by atomic mass is 35.5. The van der Waals surface area contributed by atoms with Crippen molar-refractivity contribution in [1.82, 2.24) is 30.2 Å². The first-order chi connectivity index (χ1) is 23.6. The average molecular weight is 744 g/mol. The van der Waals surface area contributed by atoms with Gasteiger partial charge in [0.25, 0.3) is 0 Å². The number of likely N-dealkylation sites (tertiary alicyclic amines) is 2. The molecule has 4 atom stereocenters. The van der Waals surface area contributed by atoms with Gasteiger partial charge in [0, 0.05) is 40.0 Å². The maximum atomic E-state index is 13.6. The van der Waals surface area contributed by atoms with Gasteiger partial charge in [-0.05, 0) is 57.5 Å². The van der Waals surface area contributed by atoms with Crippen molar-refractivity contribution in [3.05, 3.63) is 0 Å². The van der Waals surface area contributed by atoms with Crippen molar-refractivity contribution >= 4 is 59.8 Å². The Morgan fingerprint density at radius 2 is 1.51 bits per heavy atom. The number of halogens is 1. The van der Waals surface area contributed by atoms with Gasteiger partial charge in [-0.2, -0.15) is 4.99 Å². The molecular formula is C33H58ClN9O8. The quantitative estimate of drug-likeness (QED) is 0.0831. The predicted molar refractivity (Wildman–Crippen MR) is 192 cm³/mol. The highest BCUT2D eigenvalue weighted by Gasteiger charge is 2.39. The zero-order chi connectivity index (χ0) is 37.5. The van der Waals surface area contributed by atoms with Gasteiger partial charge < -0.3 is 41.5 Å². The summed E-state index contributed by atoms with van der Waals surface area (Å²) in [5.41, 5.74) is 11.9. The van der Waals surface area contributed by atoms with E-state index < -0.39 is 59.7 Å². The van der Waals surface area contributed by atoms with Crippen LogP contribution >= 0.6 is 12.4 Å². The molecule has 6 N–H and O–H groups in total. The Kier molecular flexibility index (Phi) is 19.7. The molecule has 0 unspecified atom stereocenters. The van der Waals surface area contributed by atoms with Gasteiger partial charge in [-0.15, -0.1) is 12.4 Å². The molecule has 0 aromatic heterocycles. The van der Waals surface area contributed by atoms with Crippen LogP contribution in [0.25, 0.3) is 0 Å². The molecule has 0 aromatic carbocycles. The molecule has 6 amide bonds. The van der Waals surface area contributed by atoms with E-state index >= 15 is 0 Å². The summed E-state index contributed by atoms with van der Waals surface area (Å²) in [5.74, 6) is -3.84. The second-order valence-corrected chi connectivity index (χ2v) is 13.0. The summed E-state index contributed by atoms with van der Waals surface area (Å²) in [7, 11) is 0. The fourth-order valence-corrected chi connectivity index (χ4v) is 6.04. The van der Waals surface area contributed by atoms with E-state index in [-0.39, 0.29) is 69.3 Å². The molecule has 2 saturated heterocycles. The van der Waals surface area contributed by atoms with Crippen LogP contribution in [0.1, 0.15) is 80.1 Å². The number of hydrogen-bond acceptors (Lipinski definition) is 10. The third-order valence-corrected chi connectivity index (χ3v) is 9.08. The van der Waals surface area contributed by atoms with E-state index in [0.29, 0.717) is 38.8 Å². The lowest BCUT2D eigenvalue weighted by molar-refractivity contribution is -0.149. The van der Waals surface area contributed by atoms with Gasteiger partial charge in [0.05, 0.1) is 12.6 Å². The van der Waals surface area contributed by atoms with Crippen LogP contribution in [0.2, 0.25) is 0 Å². The van der Waals surface area contributed by atoms with Crippen LogP contribution in [0.5, 0.6) is 0 Å². The van der Waals surface area contributed by atoms with E-state index in [1.165, 1.54) is 23.6 Å². The molecule has 18 heteroatoms. The summed E-state index contributed by atoms with van der Waals surface area (Å²) in [6.07, 6.45) is 2.26. The van der Waals surface area contributed by atoms with Crippen LogP contribution in [0.4, 0.5) is 0 Å². The first-order valence-electron chi connectivity index (χ1n) is 17.6. The number of nitrogens with zero attached hydrogens (tertiary/aromatic N) is 5. The molecule has 290 valence electrons. The van der Waals surface area contributed by atoms with Crippen LogP contribution in [0, 0.1) is 5.92 Å². The van der Waals surface area contributed by atoms with E-state index in [2.05, 4.69) is 20.5 Å². The van der Waals surface area contributed by atoms with E-state index in [9.17, 15) is 33.6 Å². The third-order valence-electron chi connectivity index (χ3n) is 9.08. The normalized spacial score (nSPS) is 18.6. The van der Waals surface area contributed by atoms with Crippen molar-refractivity contribution in [2.75, 3.05) is 52.4 Å². The zero-order valence-electron chi connectivity index (χ0n) is 30.9. The summed E-state index contributed by atoms with van der Waals surface area (Å²) in [6.45, 7) is 12.6. The van der Waals surface area contributed by atoms with Gasteiger partial charge in [0.2, 0.25) is 41.4 Å². The molecule has 0 radical (unpaired) electrons. The van der Waals surface area contributed by atoms with Crippen molar-refractivity contribution in [2.24, 2.45) is 22.4 Å². The van der Waals surface area contributed by atoms with Crippen LogP contribution < -0.4 is 22.1 Å². The molecule has 2 heterocycles. The SMILES string of the molecule is CCN(CC)CCOC(=O)[C@H](CCCN(C(C)=O)C(N)=NC(C)=O)NC(=O)[C@@H]1CCCN1C(=O)CNC(=O)[C@@H]1CCCN1C(=O)[C@@H](N)C(C)C.Cl. The zero-order valence-corrected chi connectivity index (χ0v) is 31.7. The molecule has 0 bridgehead atoms. The molecular weight excluding hydrogens is 686 g/mol. The molecule has 17 nitrogen and oxygen atoms in total.